The van der Waals surface area contributed by atoms with Gasteiger partial charge in [0.25, 0.3) is 0 Å². The monoisotopic (exact) mass is 243 g/mol. The van der Waals surface area contributed by atoms with Crippen LogP contribution in [0.2, 0.25) is 5.15 Å². The normalized spacial score (nSPS) is 12.6. The molecule has 5 heteroatoms. The van der Waals surface area contributed by atoms with Crippen LogP contribution < -0.4 is 4.74 Å². The standard InChI is InChI=1S/C11H14ClNO3/c1-6(2)9(11(14)15)7-4-5-8(12)13-10(7)16-3/h4-6,9H,1-3H3,(H,14,15). The number of pyridine rings is 1. The van der Waals surface area contributed by atoms with Gasteiger partial charge in [-0.2, -0.15) is 0 Å². The number of halogens is 1. The zero-order chi connectivity index (χ0) is 12.3. The SMILES string of the molecule is COc1nc(Cl)ccc1C(C(=O)O)C(C)C. The molecule has 0 radical (unpaired) electrons. The number of nitrogens with zero attached hydrogens (tertiary/aromatic N) is 1. The molecule has 0 bridgehead atoms. The van der Waals surface area contributed by atoms with Gasteiger partial charge in [0, 0.05) is 5.56 Å². The van der Waals surface area contributed by atoms with Crippen molar-refractivity contribution in [3.05, 3.63) is 22.8 Å². The van der Waals surface area contributed by atoms with E-state index >= 15 is 0 Å². The number of carboxylic acid groups (broad SMARTS) is 1. The van der Waals surface area contributed by atoms with E-state index in [1.165, 1.54) is 7.11 Å². The van der Waals surface area contributed by atoms with Crippen molar-refractivity contribution in [3.8, 4) is 5.88 Å². The van der Waals surface area contributed by atoms with Gasteiger partial charge in [-0.3, -0.25) is 4.79 Å². The minimum absolute atomic E-state index is 0.0469. The minimum Gasteiger partial charge on any atom is -0.481 e. The molecule has 1 heterocycles. The van der Waals surface area contributed by atoms with Crippen molar-refractivity contribution in [1.29, 1.82) is 0 Å². The van der Waals surface area contributed by atoms with E-state index in [0.717, 1.165) is 0 Å². The first kappa shape index (κ1) is 12.8. The lowest BCUT2D eigenvalue weighted by molar-refractivity contribution is -0.139. The van der Waals surface area contributed by atoms with Gasteiger partial charge in [-0.1, -0.05) is 25.4 Å². The highest BCUT2D eigenvalue weighted by atomic mass is 35.5. The fraction of sp³-hybridized carbons (Fsp3) is 0.455. The lowest BCUT2D eigenvalue weighted by Crippen LogP contribution is -2.18. The molecule has 1 unspecified atom stereocenters. The van der Waals surface area contributed by atoms with E-state index in [9.17, 15) is 9.90 Å². The highest BCUT2D eigenvalue weighted by molar-refractivity contribution is 6.29. The van der Waals surface area contributed by atoms with E-state index < -0.39 is 11.9 Å². The van der Waals surface area contributed by atoms with Crippen LogP contribution in [0, 0.1) is 5.92 Å². The minimum atomic E-state index is -0.891. The Bertz CT molecular complexity index is 393. The third-order valence-electron chi connectivity index (χ3n) is 2.32. The molecule has 1 atom stereocenters. The number of hydrogen-bond donors (Lipinski definition) is 1. The first-order chi connectivity index (χ1) is 7.47. The van der Waals surface area contributed by atoms with Crippen LogP contribution in [0.1, 0.15) is 25.3 Å². The molecule has 0 amide bonds. The van der Waals surface area contributed by atoms with Crippen molar-refractivity contribution in [2.75, 3.05) is 7.11 Å². The molecule has 0 saturated carbocycles. The molecule has 1 aromatic heterocycles. The van der Waals surface area contributed by atoms with E-state index in [1.807, 2.05) is 13.8 Å². The second-order valence-corrected chi connectivity index (χ2v) is 4.18. The van der Waals surface area contributed by atoms with E-state index in [2.05, 4.69) is 4.98 Å². The summed E-state index contributed by atoms with van der Waals surface area (Å²) in [4.78, 5) is 15.1. The summed E-state index contributed by atoms with van der Waals surface area (Å²) in [6.45, 7) is 3.68. The predicted molar refractivity (Wildman–Crippen MR) is 61.0 cm³/mol. The Morgan fingerprint density at radius 2 is 2.12 bits per heavy atom. The van der Waals surface area contributed by atoms with Crippen LogP contribution in [0.15, 0.2) is 12.1 Å². The number of carbonyl (C=O) groups is 1. The van der Waals surface area contributed by atoms with E-state index in [1.54, 1.807) is 12.1 Å². The van der Waals surface area contributed by atoms with Crippen molar-refractivity contribution >= 4 is 17.6 Å². The highest BCUT2D eigenvalue weighted by Gasteiger charge is 2.27. The Morgan fingerprint density at radius 3 is 2.56 bits per heavy atom. The maximum atomic E-state index is 11.2. The molecule has 1 aromatic rings. The third-order valence-corrected chi connectivity index (χ3v) is 2.53. The number of aliphatic carboxylic acids is 1. The molecule has 1 rings (SSSR count). The van der Waals surface area contributed by atoms with Crippen LogP contribution >= 0.6 is 11.6 Å². The molecule has 1 N–H and O–H groups in total. The van der Waals surface area contributed by atoms with Gasteiger partial charge < -0.3 is 9.84 Å². The predicted octanol–water partition coefficient (Wildman–Crippen LogP) is 2.57. The maximum Gasteiger partial charge on any atom is 0.311 e. The van der Waals surface area contributed by atoms with Crippen LogP contribution in [0.5, 0.6) is 5.88 Å². The maximum absolute atomic E-state index is 11.2. The van der Waals surface area contributed by atoms with Gasteiger partial charge in [0.05, 0.1) is 13.0 Å². The van der Waals surface area contributed by atoms with Crippen molar-refractivity contribution in [3.63, 3.8) is 0 Å². The summed E-state index contributed by atoms with van der Waals surface area (Å²) in [6.07, 6.45) is 0. The molecule has 0 aliphatic carbocycles. The summed E-state index contributed by atoms with van der Waals surface area (Å²) >= 11 is 5.72. The van der Waals surface area contributed by atoms with Crippen LogP contribution in [-0.2, 0) is 4.79 Å². The molecule has 16 heavy (non-hydrogen) atoms. The smallest absolute Gasteiger partial charge is 0.311 e. The molecule has 0 aliphatic rings. The van der Waals surface area contributed by atoms with Crippen molar-refractivity contribution in [2.24, 2.45) is 5.92 Å². The lowest BCUT2D eigenvalue weighted by atomic mass is 9.89. The van der Waals surface area contributed by atoms with Crippen LogP contribution in [0.25, 0.3) is 0 Å². The lowest BCUT2D eigenvalue weighted by Gasteiger charge is -2.18. The summed E-state index contributed by atoms with van der Waals surface area (Å²) in [5.41, 5.74) is 0.550. The average Bonchev–Trinajstić information content (AvgIpc) is 2.19. The molecule has 0 saturated heterocycles. The average molecular weight is 244 g/mol. The molecule has 0 aromatic carbocycles. The second-order valence-electron chi connectivity index (χ2n) is 3.79. The molecular weight excluding hydrogens is 230 g/mol. The van der Waals surface area contributed by atoms with Crippen molar-refractivity contribution in [2.45, 2.75) is 19.8 Å². The summed E-state index contributed by atoms with van der Waals surface area (Å²) in [7, 11) is 1.45. The second kappa shape index (κ2) is 5.16. The van der Waals surface area contributed by atoms with Crippen LogP contribution in [0.3, 0.4) is 0 Å². The number of aromatic nitrogens is 1. The molecule has 0 aliphatic heterocycles. The molecular formula is C11H14ClNO3. The quantitative estimate of drug-likeness (QED) is 0.826. The van der Waals surface area contributed by atoms with Crippen LogP contribution in [-0.4, -0.2) is 23.2 Å². The topological polar surface area (TPSA) is 59.4 Å². The highest BCUT2D eigenvalue weighted by Crippen LogP contribution is 2.31. The fourth-order valence-corrected chi connectivity index (χ4v) is 1.75. The Balaban J connectivity index is 3.23. The van der Waals surface area contributed by atoms with Crippen LogP contribution in [0.4, 0.5) is 0 Å². The first-order valence-electron chi connectivity index (χ1n) is 4.90. The van der Waals surface area contributed by atoms with Gasteiger partial charge in [0.1, 0.15) is 5.15 Å². The molecule has 0 fully saturated rings. The molecule has 88 valence electrons. The Labute approximate surface area is 99.2 Å². The van der Waals surface area contributed by atoms with E-state index in [-0.39, 0.29) is 17.0 Å². The summed E-state index contributed by atoms with van der Waals surface area (Å²) < 4.78 is 5.05. The van der Waals surface area contributed by atoms with Gasteiger partial charge in [-0.25, -0.2) is 4.98 Å². The molecule has 4 nitrogen and oxygen atoms in total. The Hall–Kier alpha value is -1.29. The van der Waals surface area contributed by atoms with Crippen molar-refractivity contribution < 1.29 is 14.6 Å². The zero-order valence-electron chi connectivity index (χ0n) is 9.40. The van der Waals surface area contributed by atoms with E-state index in [0.29, 0.717) is 5.56 Å². The van der Waals surface area contributed by atoms with Crippen molar-refractivity contribution in [1.82, 2.24) is 4.98 Å². The number of ether oxygens (including phenoxy) is 1. The number of carboxylic acids is 1. The first-order valence-corrected chi connectivity index (χ1v) is 5.28. The van der Waals surface area contributed by atoms with Gasteiger partial charge in [0.2, 0.25) is 5.88 Å². The third kappa shape index (κ3) is 2.64. The Morgan fingerprint density at radius 1 is 1.50 bits per heavy atom. The van der Waals surface area contributed by atoms with E-state index in [4.69, 9.17) is 16.3 Å². The van der Waals surface area contributed by atoms with Gasteiger partial charge >= 0.3 is 5.97 Å². The Kier molecular flexibility index (Phi) is 4.12. The summed E-state index contributed by atoms with van der Waals surface area (Å²) in [5.74, 6) is -1.31. The van der Waals surface area contributed by atoms with Gasteiger partial charge in [0.15, 0.2) is 0 Å². The number of methoxy groups -OCH3 is 1. The number of rotatable bonds is 4. The fourth-order valence-electron chi connectivity index (χ4n) is 1.61. The van der Waals surface area contributed by atoms with Gasteiger partial charge in [-0.15, -0.1) is 0 Å². The number of hydrogen-bond acceptors (Lipinski definition) is 3. The summed E-state index contributed by atoms with van der Waals surface area (Å²) in [5, 5.41) is 9.46. The zero-order valence-corrected chi connectivity index (χ0v) is 10.2. The largest absolute Gasteiger partial charge is 0.481 e. The summed E-state index contributed by atoms with van der Waals surface area (Å²) in [6, 6.07) is 3.21. The van der Waals surface area contributed by atoms with Gasteiger partial charge in [-0.05, 0) is 18.1 Å². The molecule has 0 spiro atoms.